The van der Waals surface area contributed by atoms with E-state index in [-0.39, 0.29) is 5.92 Å². The van der Waals surface area contributed by atoms with Crippen molar-refractivity contribution in [2.75, 3.05) is 0 Å². The lowest BCUT2D eigenvalue weighted by Crippen LogP contribution is -2.12. The number of aliphatic carboxylic acids is 1. The highest BCUT2D eigenvalue weighted by Crippen LogP contribution is 2.37. The zero-order valence-corrected chi connectivity index (χ0v) is 9.89. The van der Waals surface area contributed by atoms with Gasteiger partial charge in [-0.05, 0) is 23.6 Å². The lowest BCUT2D eigenvalue weighted by Gasteiger charge is -2.16. The van der Waals surface area contributed by atoms with Crippen molar-refractivity contribution in [3.8, 4) is 5.75 Å². The van der Waals surface area contributed by atoms with E-state index in [1.807, 2.05) is 0 Å². The summed E-state index contributed by atoms with van der Waals surface area (Å²) in [5.74, 6) is -2.61. The second kappa shape index (κ2) is 5.30. The van der Waals surface area contributed by atoms with Gasteiger partial charge in [-0.1, -0.05) is 13.8 Å². The highest BCUT2D eigenvalue weighted by atomic mass is 19.3. The second-order valence-corrected chi connectivity index (χ2v) is 4.24. The summed E-state index contributed by atoms with van der Waals surface area (Å²) in [4.78, 5) is 10.7. The van der Waals surface area contributed by atoms with Gasteiger partial charge in [-0.2, -0.15) is 0 Å². The highest BCUT2D eigenvalue weighted by molar-refractivity contribution is 5.75. The summed E-state index contributed by atoms with van der Waals surface area (Å²) in [7, 11) is 0. The van der Waals surface area contributed by atoms with Crippen LogP contribution in [0.25, 0.3) is 0 Å². The summed E-state index contributed by atoms with van der Waals surface area (Å²) in [5, 5.41) is 27.6. The summed E-state index contributed by atoms with van der Waals surface area (Å²) in [6.07, 6.45) is -4.97. The molecule has 1 atom stereocenters. The van der Waals surface area contributed by atoms with Crippen LogP contribution in [0.5, 0.6) is 5.75 Å². The van der Waals surface area contributed by atoms with E-state index in [1.54, 1.807) is 13.8 Å². The van der Waals surface area contributed by atoms with Crippen molar-refractivity contribution >= 4 is 5.97 Å². The summed E-state index contributed by atoms with van der Waals surface area (Å²) in [5.41, 5.74) is -0.654. The normalized spacial score (nSPS) is 13.1. The lowest BCUT2D eigenvalue weighted by molar-refractivity contribution is -0.147. The van der Waals surface area contributed by atoms with Crippen LogP contribution in [0.2, 0.25) is 0 Å². The number of aliphatic hydroxyl groups excluding tert-OH is 1. The first-order valence-corrected chi connectivity index (χ1v) is 5.31. The average Bonchev–Trinajstić information content (AvgIpc) is 2.27. The molecule has 0 amide bonds. The molecule has 0 aliphatic carbocycles. The van der Waals surface area contributed by atoms with Gasteiger partial charge in [0.25, 0.3) is 6.43 Å². The molecular formula is C12H14F2O4. The quantitative estimate of drug-likeness (QED) is 0.777. The van der Waals surface area contributed by atoms with Gasteiger partial charge < -0.3 is 15.3 Å². The Morgan fingerprint density at radius 1 is 1.22 bits per heavy atom. The van der Waals surface area contributed by atoms with Crippen molar-refractivity contribution < 1.29 is 28.9 Å². The Morgan fingerprint density at radius 2 is 1.72 bits per heavy atom. The Labute approximate surface area is 102 Å². The number of rotatable bonds is 4. The summed E-state index contributed by atoms with van der Waals surface area (Å²) < 4.78 is 25.5. The van der Waals surface area contributed by atoms with Gasteiger partial charge in [0.05, 0.1) is 5.56 Å². The van der Waals surface area contributed by atoms with Crippen molar-refractivity contribution in [2.24, 2.45) is 0 Å². The number of hydrogen-bond acceptors (Lipinski definition) is 3. The van der Waals surface area contributed by atoms with Crippen LogP contribution in [0, 0.1) is 0 Å². The first kappa shape index (κ1) is 14.4. The second-order valence-electron chi connectivity index (χ2n) is 4.24. The molecular weight excluding hydrogens is 246 g/mol. The number of carbonyl (C=O) groups is 1. The number of carboxylic acids is 1. The Bertz CT molecular complexity index is 458. The molecule has 0 saturated heterocycles. The average molecular weight is 260 g/mol. The molecule has 0 spiro atoms. The maximum Gasteiger partial charge on any atom is 0.337 e. The van der Waals surface area contributed by atoms with Gasteiger partial charge in [0.2, 0.25) is 0 Å². The van der Waals surface area contributed by atoms with Gasteiger partial charge in [-0.25, -0.2) is 13.6 Å². The molecule has 0 radical (unpaired) electrons. The first-order chi connectivity index (χ1) is 8.25. The first-order valence-electron chi connectivity index (χ1n) is 5.31. The summed E-state index contributed by atoms with van der Waals surface area (Å²) in [6.45, 7) is 3.47. The third kappa shape index (κ3) is 2.76. The van der Waals surface area contributed by atoms with E-state index in [9.17, 15) is 23.8 Å². The minimum Gasteiger partial charge on any atom is -0.507 e. The molecule has 0 aromatic heterocycles. The molecule has 4 nitrogen and oxygen atoms in total. The van der Waals surface area contributed by atoms with Gasteiger partial charge in [0.1, 0.15) is 5.75 Å². The Hall–Kier alpha value is -1.69. The van der Waals surface area contributed by atoms with Crippen molar-refractivity contribution in [3.63, 3.8) is 0 Å². The molecule has 0 heterocycles. The van der Waals surface area contributed by atoms with Crippen molar-refractivity contribution in [2.45, 2.75) is 32.3 Å². The third-order valence-electron chi connectivity index (χ3n) is 2.62. The van der Waals surface area contributed by atoms with E-state index < -0.39 is 35.4 Å². The van der Waals surface area contributed by atoms with Gasteiger partial charge >= 0.3 is 5.97 Å². The number of halogens is 2. The summed E-state index contributed by atoms with van der Waals surface area (Å²) >= 11 is 0. The van der Waals surface area contributed by atoms with E-state index in [2.05, 4.69) is 0 Å². The lowest BCUT2D eigenvalue weighted by atomic mass is 9.94. The zero-order valence-electron chi connectivity index (χ0n) is 9.89. The predicted molar refractivity (Wildman–Crippen MR) is 59.7 cm³/mol. The molecule has 3 N–H and O–H groups in total. The van der Waals surface area contributed by atoms with E-state index in [4.69, 9.17) is 5.11 Å². The van der Waals surface area contributed by atoms with E-state index in [0.29, 0.717) is 5.56 Å². The molecule has 1 aromatic carbocycles. The monoisotopic (exact) mass is 260 g/mol. The summed E-state index contributed by atoms with van der Waals surface area (Å²) in [6, 6.07) is 2.34. The number of hydrogen-bond donors (Lipinski definition) is 3. The number of phenols is 1. The fraction of sp³-hybridized carbons (Fsp3) is 0.417. The minimum absolute atomic E-state index is 0.136. The topological polar surface area (TPSA) is 77.8 Å². The number of aromatic hydroxyl groups is 1. The number of aliphatic hydroxyl groups is 1. The minimum atomic E-state index is -2.94. The number of alkyl halides is 2. The van der Waals surface area contributed by atoms with Crippen molar-refractivity contribution in [1.82, 2.24) is 0 Å². The van der Waals surface area contributed by atoms with Crippen LogP contribution in [0.4, 0.5) is 8.78 Å². The number of benzene rings is 1. The van der Waals surface area contributed by atoms with Gasteiger partial charge in [0, 0.05) is 5.56 Å². The van der Waals surface area contributed by atoms with Gasteiger partial charge in [-0.15, -0.1) is 0 Å². The van der Waals surface area contributed by atoms with E-state index in [0.717, 1.165) is 6.07 Å². The van der Waals surface area contributed by atoms with E-state index in [1.165, 1.54) is 6.07 Å². The van der Waals surface area contributed by atoms with Crippen LogP contribution in [0.3, 0.4) is 0 Å². The van der Waals surface area contributed by atoms with Crippen LogP contribution in [0.15, 0.2) is 12.1 Å². The van der Waals surface area contributed by atoms with Gasteiger partial charge in [-0.3, -0.25) is 0 Å². The smallest absolute Gasteiger partial charge is 0.337 e. The molecule has 0 fully saturated rings. The molecule has 0 saturated carbocycles. The molecule has 0 aliphatic heterocycles. The van der Waals surface area contributed by atoms with Crippen molar-refractivity contribution in [3.05, 3.63) is 28.8 Å². The molecule has 0 bridgehead atoms. The largest absolute Gasteiger partial charge is 0.507 e. The zero-order chi connectivity index (χ0) is 14.0. The SMILES string of the molecule is CC(C)c1cc(C(F)F)c(O)c(C(O)C(=O)O)c1. The molecule has 0 aliphatic rings. The Balaban J connectivity index is 3.45. The molecule has 1 aromatic rings. The number of phenolic OH excluding ortho intramolecular Hbond substituents is 1. The highest BCUT2D eigenvalue weighted by Gasteiger charge is 2.25. The maximum absolute atomic E-state index is 12.7. The van der Waals surface area contributed by atoms with Crippen LogP contribution in [0.1, 0.15) is 49.0 Å². The molecule has 6 heteroatoms. The van der Waals surface area contributed by atoms with Crippen LogP contribution in [-0.2, 0) is 4.79 Å². The fourth-order valence-corrected chi connectivity index (χ4v) is 1.55. The predicted octanol–water partition coefficient (Wildman–Crippen LogP) is 2.57. The fourth-order valence-electron chi connectivity index (χ4n) is 1.55. The van der Waals surface area contributed by atoms with Crippen LogP contribution < -0.4 is 0 Å². The Morgan fingerprint density at radius 3 is 2.11 bits per heavy atom. The van der Waals surface area contributed by atoms with E-state index >= 15 is 0 Å². The van der Waals surface area contributed by atoms with Crippen molar-refractivity contribution in [1.29, 1.82) is 0 Å². The van der Waals surface area contributed by atoms with Crippen LogP contribution in [-0.4, -0.2) is 21.3 Å². The van der Waals surface area contributed by atoms with Gasteiger partial charge in [0.15, 0.2) is 6.10 Å². The molecule has 18 heavy (non-hydrogen) atoms. The standard InChI is InChI=1S/C12H14F2O4/c1-5(2)6-3-7(10(16)12(17)18)9(15)8(4-6)11(13)14/h3-5,10-11,15-16H,1-2H3,(H,17,18). The van der Waals surface area contributed by atoms with Crippen LogP contribution >= 0.6 is 0 Å². The molecule has 1 rings (SSSR count). The molecule has 100 valence electrons. The number of carboxylic acid groups (broad SMARTS) is 1. The Kier molecular flexibility index (Phi) is 4.24. The third-order valence-corrected chi connectivity index (χ3v) is 2.62. The molecule has 1 unspecified atom stereocenters. The maximum atomic E-state index is 12.7.